The molecule has 1 aromatic rings. The molecule has 0 saturated carbocycles. The van der Waals surface area contributed by atoms with Crippen LogP contribution in [0, 0.1) is 0 Å². The molecule has 0 aliphatic carbocycles. The highest BCUT2D eigenvalue weighted by Crippen LogP contribution is 2.25. The van der Waals surface area contributed by atoms with Crippen LogP contribution in [0.2, 0.25) is 0 Å². The van der Waals surface area contributed by atoms with Crippen LogP contribution in [0.1, 0.15) is 10.4 Å². The van der Waals surface area contributed by atoms with Gasteiger partial charge in [-0.15, -0.1) is 0 Å². The Hall–Kier alpha value is -1.75. The van der Waals surface area contributed by atoms with Crippen molar-refractivity contribution in [2.24, 2.45) is 5.73 Å². The Labute approximate surface area is 93.5 Å². The summed E-state index contributed by atoms with van der Waals surface area (Å²) in [5, 5.41) is 2.74. The van der Waals surface area contributed by atoms with Gasteiger partial charge in [-0.1, -0.05) is 0 Å². The second-order valence-corrected chi connectivity index (χ2v) is 3.40. The molecule has 1 aromatic carbocycles. The van der Waals surface area contributed by atoms with Crippen molar-refractivity contribution < 1.29 is 14.3 Å². The highest BCUT2D eigenvalue weighted by molar-refractivity contribution is 5.97. The van der Waals surface area contributed by atoms with Gasteiger partial charge in [0, 0.05) is 12.6 Å². The smallest absolute Gasteiger partial charge is 0.255 e. The first-order valence-electron chi connectivity index (χ1n) is 5.19. The molecule has 0 bridgehead atoms. The first kappa shape index (κ1) is 10.8. The van der Waals surface area contributed by atoms with Gasteiger partial charge < -0.3 is 20.5 Å². The Morgan fingerprint density at radius 2 is 2.38 bits per heavy atom. The van der Waals surface area contributed by atoms with Gasteiger partial charge in [-0.05, 0) is 12.1 Å². The molecule has 0 fully saturated rings. The summed E-state index contributed by atoms with van der Waals surface area (Å²) in [6.07, 6.45) is 0. The fourth-order valence-electron chi connectivity index (χ4n) is 1.50. The van der Waals surface area contributed by atoms with E-state index in [4.69, 9.17) is 15.2 Å². The molecular weight excluding hydrogens is 208 g/mol. The molecule has 16 heavy (non-hydrogen) atoms. The van der Waals surface area contributed by atoms with E-state index in [9.17, 15) is 4.79 Å². The van der Waals surface area contributed by atoms with Gasteiger partial charge in [0.2, 0.25) is 0 Å². The lowest BCUT2D eigenvalue weighted by atomic mass is 10.2. The highest BCUT2D eigenvalue weighted by atomic mass is 16.5. The van der Waals surface area contributed by atoms with Crippen molar-refractivity contribution >= 4 is 5.91 Å². The Morgan fingerprint density at radius 1 is 1.50 bits per heavy atom. The lowest BCUT2D eigenvalue weighted by molar-refractivity contribution is 0.0957. The summed E-state index contributed by atoms with van der Waals surface area (Å²) >= 11 is 0. The molecule has 0 spiro atoms. The van der Waals surface area contributed by atoms with Crippen LogP contribution in [0.25, 0.3) is 0 Å². The molecule has 0 saturated heterocycles. The summed E-state index contributed by atoms with van der Waals surface area (Å²) in [4.78, 5) is 11.6. The first-order valence-corrected chi connectivity index (χ1v) is 5.19. The van der Waals surface area contributed by atoms with E-state index >= 15 is 0 Å². The van der Waals surface area contributed by atoms with Gasteiger partial charge in [0.05, 0.1) is 12.1 Å². The average molecular weight is 222 g/mol. The van der Waals surface area contributed by atoms with E-state index in [0.29, 0.717) is 43.4 Å². The van der Waals surface area contributed by atoms with Crippen molar-refractivity contribution in [2.75, 3.05) is 26.3 Å². The fourth-order valence-corrected chi connectivity index (χ4v) is 1.50. The van der Waals surface area contributed by atoms with Crippen molar-refractivity contribution in [3.05, 3.63) is 23.8 Å². The molecule has 2 rings (SSSR count). The zero-order valence-corrected chi connectivity index (χ0v) is 8.86. The number of hydrogen-bond donors (Lipinski definition) is 2. The molecular formula is C11H14N2O3. The van der Waals surface area contributed by atoms with Crippen LogP contribution in [0.3, 0.4) is 0 Å². The van der Waals surface area contributed by atoms with Gasteiger partial charge >= 0.3 is 0 Å². The molecule has 0 atom stereocenters. The number of rotatable bonds is 3. The SMILES string of the molecule is NCCOc1ccc2c(c1)OCCNC2=O. The summed E-state index contributed by atoms with van der Waals surface area (Å²) in [6.45, 7) is 1.90. The monoisotopic (exact) mass is 222 g/mol. The normalized spacial score (nSPS) is 14.4. The number of amides is 1. The number of ether oxygens (including phenoxy) is 2. The zero-order chi connectivity index (χ0) is 11.4. The molecule has 5 heteroatoms. The molecule has 1 aliphatic rings. The lowest BCUT2D eigenvalue weighted by Crippen LogP contribution is -2.24. The molecule has 3 N–H and O–H groups in total. The largest absolute Gasteiger partial charge is 0.492 e. The summed E-state index contributed by atoms with van der Waals surface area (Å²) in [7, 11) is 0. The predicted molar refractivity (Wildman–Crippen MR) is 58.8 cm³/mol. The van der Waals surface area contributed by atoms with E-state index in [1.807, 2.05) is 0 Å². The van der Waals surface area contributed by atoms with Crippen LogP contribution in [-0.4, -0.2) is 32.2 Å². The number of fused-ring (bicyclic) bond motifs is 1. The van der Waals surface area contributed by atoms with Gasteiger partial charge in [0.1, 0.15) is 24.7 Å². The van der Waals surface area contributed by atoms with E-state index in [2.05, 4.69) is 5.32 Å². The van der Waals surface area contributed by atoms with Crippen LogP contribution in [0.15, 0.2) is 18.2 Å². The number of carbonyl (C=O) groups is 1. The van der Waals surface area contributed by atoms with E-state index in [1.165, 1.54) is 0 Å². The van der Waals surface area contributed by atoms with E-state index in [1.54, 1.807) is 18.2 Å². The Morgan fingerprint density at radius 3 is 3.19 bits per heavy atom. The van der Waals surface area contributed by atoms with E-state index in [-0.39, 0.29) is 5.91 Å². The third-order valence-corrected chi connectivity index (χ3v) is 2.23. The maximum absolute atomic E-state index is 11.6. The minimum absolute atomic E-state index is 0.113. The second-order valence-electron chi connectivity index (χ2n) is 3.40. The quantitative estimate of drug-likeness (QED) is 0.763. The number of hydrogen-bond acceptors (Lipinski definition) is 4. The van der Waals surface area contributed by atoms with Crippen molar-refractivity contribution in [3.63, 3.8) is 0 Å². The lowest BCUT2D eigenvalue weighted by Gasteiger charge is -2.09. The summed E-state index contributed by atoms with van der Waals surface area (Å²) < 4.78 is 10.8. The van der Waals surface area contributed by atoms with Crippen LogP contribution >= 0.6 is 0 Å². The third-order valence-electron chi connectivity index (χ3n) is 2.23. The van der Waals surface area contributed by atoms with Crippen LogP contribution < -0.4 is 20.5 Å². The highest BCUT2D eigenvalue weighted by Gasteiger charge is 2.16. The third kappa shape index (κ3) is 2.25. The van der Waals surface area contributed by atoms with Crippen LogP contribution in [0.4, 0.5) is 0 Å². The Balaban J connectivity index is 2.23. The average Bonchev–Trinajstić information content (AvgIpc) is 2.49. The van der Waals surface area contributed by atoms with Gasteiger partial charge in [0.15, 0.2) is 0 Å². The van der Waals surface area contributed by atoms with Crippen molar-refractivity contribution in [1.82, 2.24) is 5.32 Å². The molecule has 5 nitrogen and oxygen atoms in total. The second kappa shape index (κ2) is 4.85. The molecule has 1 aliphatic heterocycles. The maximum atomic E-state index is 11.6. The van der Waals surface area contributed by atoms with Gasteiger partial charge in [-0.25, -0.2) is 0 Å². The maximum Gasteiger partial charge on any atom is 0.255 e. The van der Waals surface area contributed by atoms with Gasteiger partial charge in [-0.3, -0.25) is 4.79 Å². The Kier molecular flexibility index (Phi) is 3.26. The topological polar surface area (TPSA) is 73.6 Å². The zero-order valence-electron chi connectivity index (χ0n) is 8.86. The number of benzene rings is 1. The van der Waals surface area contributed by atoms with Crippen LogP contribution in [0.5, 0.6) is 11.5 Å². The molecule has 1 amide bonds. The minimum atomic E-state index is -0.113. The molecule has 1 heterocycles. The minimum Gasteiger partial charge on any atom is -0.492 e. The number of carbonyl (C=O) groups excluding carboxylic acids is 1. The van der Waals surface area contributed by atoms with Crippen molar-refractivity contribution in [1.29, 1.82) is 0 Å². The van der Waals surface area contributed by atoms with Crippen molar-refractivity contribution in [3.8, 4) is 11.5 Å². The van der Waals surface area contributed by atoms with Gasteiger partial charge in [-0.2, -0.15) is 0 Å². The molecule has 0 unspecified atom stereocenters. The first-order chi connectivity index (χ1) is 7.81. The van der Waals surface area contributed by atoms with Crippen molar-refractivity contribution in [2.45, 2.75) is 0 Å². The van der Waals surface area contributed by atoms with E-state index in [0.717, 1.165) is 0 Å². The summed E-state index contributed by atoms with van der Waals surface area (Å²) in [6, 6.07) is 5.15. The summed E-state index contributed by atoms with van der Waals surface area (Å²) in [5.74, 6) is 1.11. The predicted octanol–water partition coefficient (Wildman–Crippen LogP) is 0.146. The fraction of sp³-hybridized carbons (Fsp3) is 0.364. The van der Waals surface area contributed by atoms with Crippen LogP contribution in [-0.2, 0) is 0 Å². The Bertz CT molecular complexity index is 393. The number of nitrogens with one attached hydrogen (secondary N) is 1. The van der Waals surface area contributed by atoms with Gasteiger partial charge in [0.25, 0.3) is 5.91 Å². The molecule has 0 aromatic heterocycles. The molecule has 86 valence electrons. The van der Waals surface area contributed by atoms with E-state index < -0.39 is 0 Å². The number of nitrogens with two attached hydrogens (primary N) is 1. The standard InChI is InChI=1S/C11H14N2O3/c12-3-5-15-8-1-2-9-10(7-8)16-6-4-13-11(9)14/h1-2,7H,3-6,12H2,(H,13,14). The summed E-state index contributed by atoms with van der Waals surface area (Å²) in [5.41, 5.74) is 5.88. The molecule has 0 radical (unpaired) electrons.